The molecule has 0 amide bonds. The minimum absolute atomic E-state index is 0.454. The van der Waals surface area contributed by atoms with Gasteiger partial charge in [0.05, 0.1) is 16.1 Å². The lowest BCUT2D eigenvalue weighted by Gasteiger charge is -2.03. The molecule has 0 aliphatic carbocycles. The summed E-state index contributed by atoms with van der Waals surface area (Å²) in [5.74, 6) is 0. The van der Waals surface area contributed by atoms with Gasteiger partial charge in [0.25, 0.3) is 0 Å². The first-order valence-electron chi connectivity index (χ1n) is 4.62. The van der Waals surface area contributed by atoms with Gasteiger partial charge in [0, 0.05) is 11.9 Å². The van der Waals surface area contributed by atoms with E-state index in [9.17, 15) is 4.79 Å². The molecule has 0 unspecified atom stereocenters. The van der Waals surface area contributed by atoms with E-state index in [2.05, 4.69) is 0 Å². The largest absolute Gasteiger partial charge is 0.330 e. The summed E-state index contributed by atoms with van der Waals surface area (Å²) < 4.78 is 1.84. The fourth-order valence-electron chi connectivity index (χ4n) is 1.77. The Hall–Kier alpha value is -0.990. The van der Waals surface area contributed by atoms with Crippen molar-refractivity contribution in [3.63, 3.8) is 0 Å². The van der Waals surface area contributed by atoms with Crippen LogP contribution < -0.4 is 0 Å². The van der Waals surface area contributed by atoms with Crippen molar-refractivity contribution in [2.45, 2.75) is 13.5 Å². The van der Waals surface area contributed by atoms with Gasteiger partial charge in [-0.15, -0.1) is 0 Å². The average Bonchev–Trinajstić information content (AvgIpc) is 2.51. The third-order valence-electron chi connectivity index (χ3n) is 2.44. The lowest BCUT2D eigenvalue weighted by Crippen LogP contribution is -1.93. The standard InChI is InChI=1S/C11H9Cl2NO/c1-2-14-10-7(4-3-5-9(10)12)8(6-15)11(14)13/h3-6H,2H2,1H3. The Morgan fingerprint density at radius 1 is 1.40 bits per heavy atom. The Morgan fingerprint density at radius 3 is 2.73 bits per heavy atom. The van der Waals surface area contributed by atoms with Crippen LogP contribution in [0.5, 0.6) is 0 Å². The Kier molecular flexibility index (Phi) is 2.72. The van der Waals surface area contributed by atoms with E-state index in [1.807, 2.05) is 23.6 Å². The van der Waals surface area contributed by atoms with Crippen LogP contribution in [0.15, 0.2) is 18.2 Å². The van der Waals surface area contributed by atoms with E-state index in [-0.39, 0.29) is 0 Å². The lowest BCUT2D eigenvalue weighted by molar-refractivity contribution is 0.112. The summed E-state index contributed by atoms with van der Waals surface area (Å²) in [6, 6.07) is 5.46. The number of hydrogen-bond acceptors (Lipinski definition) is 1. The number of aromatic nitrogens is 1. The molecule has 1 aromatic carbocycles. The van der Waals surface area contributed by atoms with Crippen LogP contribution in [0.3, 0.4) is 0 Å². The monoisotopic (exact) mass is 241 g/mol. The maximum Gasteiger partial charge on any atom is 0.153 e. The first-order valence-corrected chi connectivity index (χ1v) is 5.37. The smallest absolute Gasteiger partial charge is 0.153 e. The summed E-state index contributed by atoms with van der Waals surface area (Å²) in [5.41, 5.74) is 1.34. The topological polar surface area (TPSA) is 22.0 Å². The molecule has 2 nitrogen and oxygen atoms in total. The number of carbonyl (C=O) groups excluding carboxylic acids is 1. The van der Waals surface area contributed by atoms with Gasteiger partial charge in [0.1, 0.15) is 5.15 Å². The van der Waals surface area contributed by atoms with E-state index in [1.54, 1.807) is 6.07 Å². The fourth-order valence-corrected chi connectivity index (χ4v) is 2.40. The van der Waals surface area contributed by atoms with E-state index in [0.29, 0.717) is 22.3 Å². The molecule has 2 aromatic rings. The van der Waals surface area contributed by atoms with Gasteiger partial charge in [0.2, 0.25) is 0 Å². The van der Waals surface area contributed by atoms with Gasteiger partial charge in [-0.25, -0.2) is 0 Å². The quantitative estimate of drug-likeness (QED) is 0.734. The average molecular weight is 242 g/mol. The Labute approximate surface area is 97.4 Å². The SMILES string of the molecule is CCn1c(Cl)c(C=O)c2cccc(Cl)c21. The Balaban J connectivity index is 2.98. The van der Waals surface area contributed by atoms with Crippen molar-refractivity contribution >= 4 is 40.4 Å². The third kappa shape index (κ3) is 1.45. The zero-order valence-corrected chi connectivity index (χ0v) is 9.64. The molecular weight excluding hydrogens is 233 g/mol. The lowest BCUT2D eigenvalue weighted by atomic mass is 10.2. The van der Waals surface area contributed by atoms with Gasteiger partial charge < -0.3 is 4.57 Å². The van der Waals surface area contributed by atoms with Crippen LogP contribution in [-0.4, -0.2) is 10.9 Å². The molecule has 15 heavy (non-hydrogen) atoms. The van der Waals surface area contributed by atoms with E-state index in [0.717, 1.165) is 17.2 Å². The van der Waals surface area contributed by atoms with E-state index in [4.69, 9.17) is 23.2 Å². The van der Waals surface area contributed by atoms with Gasteiger partial charge in [-0.2, -0.15) is 0 Å². The summed E-state index contributed by atoms with van der Waals surface area (Å²) >= 11 is 12.2. The number of rotatable bonds is 2. The van der Waals surface area contributed by atoms with E-state index in [1.165, 1.54) is 0 Å². The first-order chi connectivity index (χ1) is 7.20. The molecule has 0 radical (unpaired) electrons. The number of para-hydroxylation sites is 1. The van der Waals surface area contributed by atoms with Crippen LogP contribution in [0.1, 0.15) is 17.3 Å². The number of halogens is 2. The van der Waals surface area contributed by atoms with Crippen molar-refractivity contribution in [2.75, 3.05) is 0 Å². The van der Waals surface area contributed by atoms with Crippen LogP contribution in [0, 0.1) is 0 Å². The molecule has 0 fully saturated rings. The number of benzene rings is 1. The highest BCUT2D eigenvalue weighted by Gasteiger charge is 2.15. The number of nitrogens with zero attached hydrogens (tertiary/aromatic N) is 1. The first kappa shape index (κ1) is 10.5. The second-order valence-corrected chi connectivity index (χ2v) is 3.97. The molecule has 1 heterocycles. The van der Waals surface area contributed by atoms with Gasteiger partial charge >= 0.3 is 0 Å². The molecular formula is C11H9Cl2NO. The van der Waals surface area contributed by atoms with E-state index >= 15 is 0 Å². The molecule has 78 valence electrons. The highest BCUT2D eigenvalue weighted by atomic mass is 35.5. The van der Waals surface area contributed by atoms with Crippen LogP contribution >= 0.6 is 23.2 Å². The van der Waals surface area contributed by atoms with Gasteiger partial charge in [0.15, 0.2) is 6.29 Å². The van der Waals surface area contributed by atoms with Crippen molar-refractivity contribution < 1.29 is 4.79 Å². The minimum atomic E-state index is 0.454. The summed E-state index contributed by atoms with van der Waals surface area (Å²) in [5, 5.41) is 1.88. The van der Waals surface area contributed by atoms with Crippen molar-refractivity contribution in [1.82, 2.24) is 4.57 Å². The van der Waals surface area contributed by atoms with Crippen molar-refractivity contribution in [3.8, 4) is 0 Å². The zero-order valence-electron chi connectivity index (χ0n) is 8.13. The summed E-state index contributed by atoms with van der Waals surface area (Å²) in [7, 11) is 0. The molecule has 0 spiro atoms. The number of carbonyl (C=O) groups is 1. The molecule has 0 N–H and O–H groups in total. The molecule has 4 heteroatoms. The normalized spacial score (nSPS) is 10.9. The molecule has 0 saturated heterocycles. The van der Waals surface area contributed by atoms with Crippen LogP contribution in [0.2, 0.25) is 10.2 Å². The molecule has 1 aromatic heterocycles. The molecule has 0 aliphatic heterocycles. The maximum absolute atomic E-state index is 10.9. The Bertz CT molecular complexity index is 531. The zero-order chi connectivity index (χ0) is 11.0. The summed E-state index contributed by atoms with van der Waals surface area (Å²) in [6.07, 6.45) is 0.771. The predicted octanol–water partition coefficient (Wildman–Crippen LogP) is 3.78. The van der Waals surface area contributed by atoms with Crippen molar-refractivity contribution in [1.29, 1.82) is 0 Å². The minimum Gasteiger partial charge on any atom is -0.330 e. The fraction of sp³-hybridized carbons (Fsp3) is 0.182. The van der Waals surface area contributed by atoms with E-state index < -0.39 is 0 Å². The van der Waals surface area contributed by atoms with Gasteiger partial charge in [-0.05, 0) is 13.0 Å². The van der Waals surface area contributed by atoms with Crippen LogP contribution in [0.4, 0.5) is 0 Å². The van der Waals surface area contributed by atoms with Crippen LogP contribution in [-0.2, 0) is 6.54 Å². The highest BCUT2D eigenvalue weighted by Crippen LogP contribution is 2.33. The summed E-state index contributed by atoms with van der Waals surface area (Å²) in [4.78, 5) is 10.9. The molecule has 0 atom stereocenters. The van der Waals surface area contributed by atoms with Crippen molar-refractivity contribution in [2.24, 2.45) is 0 Å². The highest BCUT2D eigenvalue weighted by molar-refractivity contribution is 6.38. The number of fused-ring (bicyclic) bond motifs is 1. The number of aryl methyl sites for hydroxylation is 1. The molecule has 0 saturated carbocycles. The summed E-state index contributed by atoms with van der Waals surface area (Å²) in [6.45, 7) is 2.65. The second-order valence-electron chi connectivity index (χ2n) is 3.20. The molecule has 0 bridgehead atoms. The molecule has 2 rings (SSSR count). The predicted molar refractivity (Wildman–Crippen MR) is 63.0 cm³/mol. The van der Waals surface area contributed by atoms with Gasteiger partial charge in [-0.3, -0.25) is 4.79 Å². The number of hydrogen-bond donors (Lipinski definition) is 0. The van der Waals surface area contributed by atoms with Crippen LogP contribution in [0.25, 0.3) is 10.9 Å². The third-order valence-corrected chi connectivity index (χ3v) is 3.15. The molecule has 0 aliphatic rings. The number of aldehydes is 1. The maximum atomic E-state index is 10.9. The second kappa shape index (κ2) is 3.87. The Morgan fingerprint density at radius 2 is 2.13 bits per heavy atom. The van der Waals surface area contributed by atoms with Gasteiger partial charge in [-0.1, -0.05) is 35.3 Å². The van der Waals surface area contributed by atoms with Crippen molar-refractivity contribution in [3.05, 3.63) is 33.9 Å².